The van der Waals surface area contributed by atoms with Gasteiger partial charge in [0.1, 0.15) is 17.0 Å². The minimum Gasteiger partial charge on any atom is -0.497 e. The lowest BCUT2D eigenvalue weighted by Gasteiger charge is -2.06. The molecule has 126 valence electrons. The highest BCUT2D eigenvalue weighted by Gasteiger charge is 2.13. The van der Waals surface area contributed by atoms with Gasteiger partial charge in [-0.15, -0.1) is 0 Å². The molecule has 0 N–H and O–H groups in total. The molecule has 8 heteroatoms. The molecule has 4 rings (SSSR count). The maximum atomic E-state index is 12.8. The molecule has 6 nitrogen and oxygen atoms in total. The summed E-state index contributed by atoms with van der Waals surface area (Å²) in [6.45, 7) is 0. The number of hydrogen-bond acceptors (Lipinski definition) is 6. The van der Waals surface area contributed by atoms with E-state index in [9.17, 15) is 4.79 Å². The first-order valence-corrected chi connectivity index (χ1v) is 8.92. The Hall–Kier alpha value is -2.45. The van der Waals surface area contributed by atoms with Gasteiger partial charge in [-0.3, -0.25) is 4.79 Å². The van der Waals surface area contributed by atoms with Crippen molar-refractivity contribution in [2.75, 3.05) is 14.2 Å². The summed E-state index contributed by atoms with van der Waals surface area (Å²) in [7, 11) is 3.18. The molecule has 0 saturated carbocycles. The third-order valence-corrected chi connectivity index (χ3v) is 5.18. The number of hydrogen-bond donors (Lipinski definition) is 0. The summed E-state index contributed by atoms with van der Waals surface area (Å²) in [5.41, 5.74) is 1.90. The highest BCUT2D eigenvalue weighted by atomic mass is 79.9. The average Bonchev–Trinajstić information content (AvgIpc) is 3.11. The van der Waals surface area contributed by atoms with Crippen molar-refractivity contribution >= 4 is 49.5 Å². The van der Waals surface area contributed by atoms with Crippen molar-refractivity contribution in [1.29, 1.82) is 0 Å². The number of aromatic nitrogens is 3. The van der Waals surface area contributed by atoms with Gasteiger partial charge in [0, 0.05) is 22.3 Å². The van der Waals surface area contributed by atoms with Crippen LogP contribution in [0.5, 0.6) is 11.5 Å². The number of methoxy groups -OCH3 is 2. The molecule has 0 aliphatic heterocycles. The third-order valence-electron chi connectivity index (χ3n) is 3.78. The predicted octanol–water partition coefficient (Wildman–Crippen LogP) is 2.63. The Labute approximate surface area is 154 Å². The van der Waals surface area contributed by atoms with Crippen LogP contribution >= 0.6 is 27.3 Å². The molecule has 0 amide bonds. The Bertz CT molecular complexity index is 1220. The molecule has 1 aromatic carbocycles. The van der Waals surface area contributed by atoms with Gasteiger partial charge in [-0.1, -0.05) is 11.3 Å². The Morgan fingerprint density at radius 3 is 2.84 bits per heavy atom. The van der Waals surface area contributed by atoms with Gasteiger partial charge in [-0.2, -0.15) is 0 Å². The summed E-state index contributed by atoms with van der Waals surface area (Å²) in [4.78, 5) is 22.2. The van der Waals surface area contributed by atoms with E-state index < -0.39 is 0 Å². The minimum atomic E-state index is -0.143. The van der Waals surface area contributed by atoms with Crippen LogP contribution in [0.25, 0.3) is 22.2 Å². The molecule has 0 aliphatic rings. The van der Waals surface area contributed by atoms with E-state index in [4.69, 9.17) is 9.47 Å². The average molecular weight is 418 g/mol. The zero-order valence-electron chi connectivity index (χ0n) is 13.3. The van der Waals surface area contributed by atoms with E-state index >= 15 is 0 Å². The molecule has 0 aliphatic carbocycles. The lowest BCUT2D eigenvalue weighted by atomic mass is 10.2. The van der Waals surface area contributed by atoms with Crippen LogP contribution in [-0.2, 0) is 0 Å². The Kier molecular flexibility index (Phi) is 3.93. The highest BCUT2D eigenvalue weighted by Crippen LogP contribution is 2.25. The first kappa shape index (κ1) is 16.0. The fourth-order valence-corrected chi connectivity index (χ4v) is 3.88. The van der Waals surface area contributed by atoms with Gasteiger partial charge in [0.15, 0.2) is 10.6 Å². The SMILES string of the molecule is COc1ccc(C=c2sc3nc4cc(Br)cnc4n3c2=O)c(OC)c1. The molecule has 3 heterocycles. The number of fused-ring (bicyclic) bond motifs is 3. The van der Waals surface area contributed by atoms with Gasteiger partial charge in [0.2, 0.25) is 0 Å². The number of benzene rings is 1. The normalized spacial score (nSPS) is 12.2. The van der Waals surface area contributed by atoms with Crippen LogP contribution in [0, 0.1) is 0 Å². The standard InChI is InChI=1S/C17H12BrN3O3S/c1-23-11-4-3-9(13(7-11)24-2)5-14-16(22)21-15-12(20-17(21)25-14)6-10(18)8-19-15/h3-8H,1-2H3. The van der Waals surface area contributed by atoms with Gasteiger partial charge in [0.25, 0.3) is 5.56 Å². The lowest BCUT2D eigenvalue weighted by molar-refractivity contribution is 0.393. The molecule has 0 unspecified atom stereocenters. The van der Waals surface area contributed by atoms with Gasteiger partial charge in [-0.05, 0) is 40.2 Å². The summed E-state index contributed by atoms with van der Waals surface area (Å²) in [6, 6.07) is 7.31. The van der Waals surface area contributed by atoms with Crippen LogP contribution in [0.3, 0.4) is 0 Å². The first-order chi connectivity index (χ1) is 12.1. The van der Waals surface area contributed by atoms with E-state index in [0.29, 0.717) is 32.2 Å². The Morgan fingerprint density at radius 2 is 2.08 bits per heavy atom. The Morgan fingerprint density at radius 1 is 1.24 bits per heavy atom. The third kappa shape index (κ3) is 2.67. The molecule has 3 aromatic heterocycles. The smallest absolute Gasteiger partial charge is 0.276 e. The van der Waals surface area contributed by atoms with Crippen molar-refractivity contribution < 1.29 is 9.47 Å². The lowest BCUT2D eigenvalue weighted by Crippen LogP contribution is -2.23. The maximum Gasteiger partial charge on any atom is 0.276 e. The summed E-state index contributed by atoms with van der Waals surface area (Å²) in [5, 5.41) is 0. The number of imidazole rings is 1. The monoisotopic (exact) mass is 417 g/mol. The van der Waals surface area contributed by atoms with E-state index in [-0.39, 0.29) is 5.56 Å². The van der Waals surface area contributed by atoms with Crippen LogP contribution in [0.4, 0.5) is 0 Å². The zero-order valence-corrected chi connectivity index (χ0v) is 15.7. The summed E-state index contributed by atoms with van der Waals surface area (Å²) in [5.74, 6) is 1.33. The van der Waals surface area contributed by atoms with E-state index in [1.807, 2.05) is 18.2 Å². The number of thiazole rings is 1. The minimum absolute atomic E-state index is 0.143. The zero-order chi connectivity index (χ0) is 17.6. The molecule has 4 aromatic rings. The van der Waals surface area contributed by atoms with Crippen molar-refractivity contribution in [2.45, 2.75) is 0 Å². The van der Waals surface area contributed by atoms with E-state index in [0.717, 1.165) is 10.0 Å². The number of pyridine rings is 1. The maximum absolute atomic E-state index is 12.8. The van der Waals surface area contributed by atoms with E-state index in [2.05, 4.69) is 25.9 Å². The summed E-state index contributed by atoms with van der Waals surface area (Å²) >= 11 is 4.69. The quantitative estimate of drug-likeness (QED) is 0.512. The first-order valence-electron chi connectivity index (χ1n) is 7.31. The van der Waals surface area contributed by atoms with Crippen LogP contribution in [0.1, 0.15) is 5.56 Å². The second-order valence-corrected chi connectivity index (χ2v) is 7.17. The predicted molar refractivity (Wildman–Crippen MR) is 101 cm³/mol. The number of rotatable bonds is 3. The van der Waals surface area contributed by atoms with Crippen LogP contribution in [-0.4, -0.2) is 28.6 Å². The van der Waals surface area contributed by atoms with Crippen molar-refractivity contribution in [2.24, 2.45) is 0 Å². The summed E-state index contributed by atoms with van der Waals surface area (Å²) < 4.78 is 13.5. The fourth-order valence-electron chi connectivity index (χ4n) is 2.59. The van der Waals surface area contributed by atoms with Crippen molar-refractivity contribution in [1.82, 2.24) is 14.4 Å². The van der Waals surface area contributed by atoms with E-state index in [1.54, 1.807) is 32.6 Å². The molecule has 0 bridgehead atoms. The van der Waals surface area contributed by atoms with Crippen LogP contribution in [0.2, 0.25) is 0 Å². The van der Waals surface area contributed by atoms with Gasteiger partial charge in [-0.25, -0.2) is 14.4 Å². The van der Waals surface area contributed by atoms with Gasteiger partial charge >= 0.3 is 0 Å². The topological polar surface area (TPSA) is 65.7 Å². The molecule has 0 saturated heterocycles. The molecular weight excluding hydrogens is 406 g/mol. The van der Waals surface area contributed by atoms with Crippen LogP contribution < -0.4 is 19.6 Å². The molecular formula is C17H12BrN3O3S. The molecule has 0 atom stereocenters. The fraction of sp³-hybridized carbons (Fsp3) is 0.118. The van der Waals surface area contributed by atoms with Crippen molar-refractivity contribution in [3.8, 4) is 11.5 Å². The molecule has 0 radical (unpaired) electrons. The second kappa shape index (κ2) is 6.12. The van der Waals surface area contributed by atoms with Crippen molar-refractivity contribution in [3.63, 3.8) is 0 Å². The number of nitrogens with zero attached hydrogens (tertiary/aromatic N) is 3. The van der Waals surface area contributed by atoms with Gasteiger partial charge < -0.3 is 9.47 Å². The molecule has 0 spiro atoms. The van der Waals surface area contributed by atoms with Crippen LogP contribution in [0.15, 0.2) is 39.7 Å². The largest absolute Gasteiger partial charge is 0.497 e. The number of halogens is 1. The molecule has 0 fully saturated rings. The second-order valence-electron chi connectivity index (χ2n) is 5.25. The van der Waals surface area contributed by atoms with Gasteiger partial charge in [0.05, 0.1) is 18.8 Å². The molecule has 25 heavy (non-hydrogen) atoms. The highest BCUT2D eigenvalue weighted by molar-refractivity contribution is 9.10. The summed E-state index contributed by atoms with van der Waals surface area (Å²) in [6.07, 6.45) is 3.45. The Balaban J connectivity index is 1.94. The number of ether oxygens (including phenoxy) is 2. The van der Waals surface area contributed by atoms with Crippen molar-refractivity contribution in [3.05, 3.63) is 55.4 Å². The van der Waals surface area contributed by atoms with E-state index in [1.165, 1.54) is 15.7 Å².